The number of nitrogens with zero attached hydrogens (tertiary/aromatic N) is 1. The van der Waals surface area contributed by atoms with Crippen molar-refractivity contribution < 1.29 is 4.79 Å². The van der Waals surface area contributed by atoms with Crippen LogP contribution in [0.15, 0.2) is 23.1 Å². The van der Waals surface area contributed by atoms with Crippen molar-refractivity contribution in [1.29, 1.82) is 0 Å². The molecule has 0 saturated heterocycles. The van der Waals surface area contributed by atoms with Crippen molar-refractivity contribution in [2.24, 2.45) is 0 Å². The molecule has 1 amide bonds. The van der Waals surface area contributed by atoms with E-state index in [2.05, 4.69) is 6.92 Å². The lowest BCUT2D eigenvalue weighted by atomic mass is 9.94. The first kappa shape index (κ1) is 16.5. The third-order valence-electron chi connectivity index (χ3n) is 4.01. The highest BCUT2D eigenvalue weighted by atomic mass is 35.5. The molecule has 0 atom stereocenters. The first-order chi connectivity index (χ1) is 10.1. The lowest BCUT2D eigenvalue weighted by Crippen LogP contribution is -2.42. The summed E-state index contributed by atoms with van der Waals surface area (Å²) in [4.78, 5) is 15.5. The van der Waals surface area contributed by atoms with Gasteiger partial charge in [0.2, 0.25) is 5.91 Å². The summed E-state index contributed by atoms with van der Waals surface area (Å²) < 4.78 is 0. The van der Waals surface area contributed by atoms with Gasteiger partial charge >= 0.3 is 0 Å². The number of nitrogens with two attached hydrogens (primary N) is 1. The van der Waals surface area contributed by atoms with E-state index in [-0.39, 0.29) is 5.91 Å². The molecule has 2 rings (SSSR count). The van der Waals surface area contributed by atoms with E-state index in [1.54, 1.807) is 6.07 Å². The van der Waals surface area contributed by atoms with Crippen LogP contribution in [0.25, 0.3) is 0 Å². The van der Waals surface area contributed by atoms with Crippen molar-refractivity contribution in [2.45, 2.75) is 50.0 Å². The van der Waals surface area contributed by atoms with Gasteiger partial charge in [-0.15, -0.1) is 11.8 Å². The molecule has 0 spiro atoms. The molecule has 116 valence electrons. The van der Waals surface area contributed by atoms with Crippen LogP contribution in [-0.2, 0) is 4.79 Å². The number of nitrogen functional groups attached to an aromatic ring is 1. The standard InChI is InChI=1S/C16H23ClN2OS/c1-2-19(12-6-4-3-5-7-12)16(20)11-21-13-8-9-15(18)14(17)10-13/h8-10,12H,2-7,11,18H2,1H3. The molecule has 1 aliphatic rings. The van der Waals surface area contributed by atoms with Crippen LogP contribution in [0.3, 0.4) is 0 Å². The number of hydrogen-bond acceptors (Lipinski definition) is 3. The van der Waals surface area contributed by atoms with E-state index in [9.17, 15) is 4.79 Å². The van der Waals surface area contributed by atoms with E-state index >= 15 is 0 Å². The molecule has 3 nitrogen and oxygen atoms in total. The predicted molar refractivity (Wildman–Crippen MR) is 90.8 cm³/mol. The molecule has 0 aliphatic heterocycles. The van der Waals surface area contributed by atoms with Gasteiger partial charge < -0.3 is 10.6 Å². The molecule has 5 heteroatoms. The quantitative estimate of drug-likeness (QED) is 0.651. The van der Waals surface area contributed by atoms with E-state index in [4.69, 9.17) is 17.3 Å². The highest BCUT2D eigenvalue weighted by molar-refractivity contribution is 8.00. The number of benzene rings is 1. The van der Waals surface area contributed by atoms with Crippen LogP contribution < -0.4 is 5.73 Å². The molecule has 0 radical (unpaired) electrons. The molecule has 1 aromatic rings. The molecule has 0 unspecified atom stereocenters. The second kappa shape index (κ2) is 7.95. The van der Waals surface area contributed by atoms with Crippen molar-refractivity contribution in [1.82, 2.24) is 4.90 Å². The minimum atomic E-state index is 0.224. The van der Waals surface area contributed by atoms with Crippen LogP contribution >= 0.6 is 23.4 Å². The van der Waals surface area contributed by atoms with Gasteiger partial charge in [-0.2, -0.15) is 0 Å². The van der Waals surface area contributed by atoms with Crippen LogP contribution in [0.1, 0.15) is 39.0 Å². The number of halogens is 1. The Hall–Kier alpha value is -0.870. The third kappa shape index (κ3) is 4.55. The highest BCUT2D eigenvalue weighted by Crippen LogP contribution is 2.28. The van der Waals surface area contributed by atoms with Crippen LogP contribution in [0.5, 0.6) is 0 Å². The number of carbonyl (C=O) groups is 1. The second-order valence-corrected chi connectivity index (χ2v) is 6.90. The lowest BCUT2D eigenvalue weighted by molar-refractivity contribution is -0.131. The van der Waals surface area contributed by atoms with Gasteiger partial charge in [0, 0.05) is 17.5 Å². The topological polar surface area (TPSA) is 46.3 Å². The van der Waals surface area contributed by atoms with Gasteiger partial charge in [-0.25, -0.2) is 0 Å². The maximum atomic E-state index is 12.4. The SMILES string of the molecule is CCN(C(=O)CSc1ccc(N)c(Cl)c1)C1CCCCC1. The molecule has 1 aromatic carbocycles. The molecule has 0 aromatic heterocycles. The van der Waals surface area contributed by atoms with Gasteiger partial charge in [0.15, 0.2) is 0 Å². The van der Waals surface area contributed by atoms with Crippen molar-refractivity contribution >= 4 is 35.0 Å². The second-order valence-electron chi connectivity index (χ2n) is 5.44. The maximum absolute atomic E-state index is 12.4. The van der Waals surface area contributed by atoms with E-state index < -0.39 is 0 Å². The Morgan fingerprint density at radius 1 is 1.38 bits per heavy atom. The number of anilines is 1. The van der Waals surface area contributed by atoms with E-state index in [0.717, 1.165) is 24.3 Å². The van der Waals surface area contributed by atoms with Crippen LogP contribution in [0.4, 0.5) is 5.69 Å². The summed E-state index contributed by atoms with van der Waals surface area (Å²) in [5.74, 6) is 0.687. The number of thioether (sulfide) groups is 1. The van der Waals surface area contributed by atoms with E-state index in [0.29, 0.717) is 22.5 Å². The summed E-state index contributed by atoms with van der Waals surface area (Å²) in [5, 5.41) is 0.548. The number of hydrogen-bond donors (Lipinski definition) is 1. The summed E-state index contributed by atoms with van der Waals surface area (Å²) in [6.07, 6.45) is 6.10. The van der Waals surface area contributed by atoms with Gasteiger partial charge in [-0.3, -0.25) is 4.79 Å². The molecular formula is C16H23ClN2OS. The Bertz CT molecular complexity index is 489. The van der Waals surface area contributed by atoms with Crippen molar-refractivity contribution in [3.63, 3.8) is 0 Å². The zero-order chi connectivity index (χ0) is 15.2. The van der Waals surface area contributed by atoms with Crippen molar-refractivity contribution in [3.05, 3.63) is 23.2 Å². The van der Waals surface area contributed by atoms with Crippen LogP contribution in [0, 0.1) is 0 Å². The Morgan fingerprint density at radius 3 is 2.71 bits per heavy atom. The maximum Gasteiger partial charge on any atom is 0.233 e. The largest absolute Gasteiger partial charge is 0.398 e. The molecular weight excluding hydrogens is 304 g/mol. The first-order valence-corrected chi connectivity index (χ1v) is 8.95. The molecule has 2 N–H and O–H groups in total. The Balaban J connectivity index is 1.91. The number of rotatable bonds is 5. The molecule has 0 bridgehead atoms. The van der Waals surface area contributed by atoms with E-state index in [1.807, 2.05) is 17.0 Å². The third-order valence-corrected chi connectivity index (χ3v) is 5.32. The Kier molecular flexibility index (Phi) is 6.24. The van der Waals surface area contributed by atoms with Crippen molar-refractivity contribution in [2.75, 3.05) is 18.0 Å². The Morgan fingerprint density at radius 2 is 2.10 bits per heavy atom. The zero-order valence-electron chi connectivity index (χ0n) is 12.5. The predicted octanol–water partition coefficient (Wildman–Crippen LogP) is 4.20. The molecule has 1 fully saturated rings. The summed E-state index contributed by atoms with van der Waals surface area (Å²) in [6, 6.07) is 5.96. The zero-order valence-corrected chi connectivity index (χ0v) is 14.1. The van der Waals surface area contributed by atoms with Crippen LogP contribution in [0.2, 0.25) is 5.02 Å². The normalized spacial score (nSPS) is 15.9. The molecule has 0 heterocycles. The molecule has 1 saturated carbocycles. The fraction of sp³-hybridized carbons (Fsp3) is 0.562. The van der Waals surface area contributed by atoms with Gasteiger partial charge in [-0.05, 0) is 38.0 Å². The Labute approximate surface area is 136 Å². The summed E-state index contributed by atoms with van der Waals surface area (Å²) in [6.45, 7) is 2.86. The molecule has 21 heavy (non-hydrogen) atoms. The summed E-state index contributed by atoms with van der Waals surface area (Å²) in [5.41, 5.74) is 6.27. The van der Waals surface area contributed by atoms with Gasteiger partial charge in [0.05, 0.1) is 16.5 Å². The molecule has 1 aliphatic carbocycles. The van der Waals surface area contributed by atoms with Gasteiger partial charge in [0.1, 0.15) is 0 Å². The monoisotopic (exact) mass is 326 g/mol. The summed E-state index contributed by atoms with van der Waals surface area (Å²) in [7, 11) is 0. The minimum Gasteiger partial charge on any atom is -0.398 e. The number of amides is 1. The van der Waals surface area contributed by atoms with E-state index in [1.165, 1.54) is 31.0 Å². The first-order valence-electron chi connectivity index (χ1n) is 7.59. The van der Waals surface area contributed by atoms with Crippen molar-refractivity contribution in [3.8, 4) is 0 Å². The van der Waals surface area contributed by atoms with Gasteiger partial charge in [-0.1, -0.05) is 30.9 Å². The lowest BCUT2D eigenvalue weighted by Gasteiger charge is -2.33. The average Bonchev–Trinajstić information content (AvgIpc) is 2.50. The smallest absolute Gasteiger partial charge is 0.233 e. The fourth-order valence-electron chi connectivity index (χ4n) is 2.86. The highest BCUT2D eigenvalue weighted by Gasteiger charge is 2.23. The van der Waals surface area contributed by atoms with Gasteiger partial charge in [0.25, 0.3) is 0 Å². The number of carbonyl (C=O) groups excluding carboxylic acids is 1. The average molecular weight is 327 g/mol. The fourth-order valence-corrected chi connectivity index (χ4v) is 3.92. The minimum absolute atomic E-state index is 0.224. The summed E-state index contributed by atoms with van der Waals surface area (Å²) >= 11 is 7.53. The van der Waals surface area contributed by atoms with Crippen LogP contribution in [-0.4, -0.2) is 29.1 Å².